The minimum Gasteiger partial charge on any atom is -0.333 e. The molecule has 1 aromatic heterocycles. The zero-order valence-corrected chi connectivity index (χ0v) is 15.3. The van der Waals surface area contributed by atoms with Crippen LogP contribution in [0.5, 0.6) is 0 Å². The van der Waals surface area contributed by atoms with Crippen LogP contribution in [-0.2, 0) is 0 Å². The summed E-state index contributed by atoms with van der Waals surface area (Å²) in [5, 5.41) is 7.79. The van der Waals surface area contributed by atoms with Crippen molar-refractivity contribution in [1.82, 2.24) is 20.0 Å². The summed E-state index contributed by atoms with van der Waals surface area (Å²) in [6.07, 6.45) is 4.02. The third kappa shape index (κ3) is 4.19. The molecule has 0 bridgehead atoms. The van der Waals surface area contributed by atoms with E-state index < -0.39 is 0 Å². The van der Waals surface area contributed by atoms with Crippen LogP contribution in [0.25, 0.3) is 0 Å². The van der Waals surface area contributed by atoms with Crippen LogP contribution in [0.15, 0.2) is 36.5 Å². The van der Waals surface area contributed by atoms with Crippen molar-refractivity contribution in [3.63, 3.8) is 0 Å². The molecule has 3 rings (SSSR count). The van der Waals surface area contributed by atoms with Gasteiger partial charge >= 0.3 is 0 Å². The van der Waals surface area contributed by atoms with Gasteiger partial charge in [-0.25, -0.2) is 4.39 Å². The molecular weight excluding hydrogens is 343 g/mol. The van der Waals surface area contributed by atoms with Crippen molar-refractivity contribution >= 4 is 18.3 Å². The number of carbonyl (C=O) groups excluding carboxylic acids is 1. The lowest BCUT2D eigenvalue weighted by molar-refractivity contribution is 0.0733. The van der Waals surface area contributed by atoms with E-state index in [1.807, 2.05) is 17.8 Å². The molecule has 7 heteroatoms. The summed E-state index contributed by atoms with van der Waals surface area (Å²) in [5.41, 5.74) is 0.899. The quantitative estimate of drug-likeness (QED) is 0.904. The molecule has 0 spiro atoms. The van der Waals surface area contributed by atoms with Crippen molar-refractivity contribution in [3.05, 3.63) is 53.6 Å². The lowest BCUT2D eigenvalue weighted by Gasteiger charge is -2.25. The molecule has 25 heavy (non-hydrogen) atoms. The maximum atomic E-state index is 13.9. The van der Waals surface area contributed by atoms with E-state index in [0.717, 1.165) is 25.9 Å². The largest absolute Gasteiger partial charge is 0.333 e. The second-order valence-electron chi connectivity index (χ2n) is 6.29. The van der Waals surface area contributed by atoms with Crippen LogP contribution in [0.4, 0.5) is 4.39 Å². The predicted molar refractivity (Wildman–Crippen MR) is 97.5 cm³/mol. The normalized spacial score (nSPS) is 18.3. The van der Waals surface area contributed by atoms with Crippen LogP contribution in [0, 0.1) is 5.82 Å². The maximum Gasteiger partial charge on any atom is 0.274 e. The van der Waals surface area contributed by atoms with Crippen molar-refractivity contribution in [2.24, 2.45) is 0 Å². The molecule has 0 saturated carbocycles. The number of amides is 1. The molecule has 5 nitrogen and oxygen atoms in total. The van der Waals surface area contributed by atoms with Gasteiger partial charge in [-0.1, -0.05) is 18.2 Å². The fraction of sp³-hybridized carbons (Fsp3) is 0.444. The minimum atomic E-state index is -0.361. The minimum absolute atomic E-state index is 0. The second kappa shape index (κ2) is 8.45. The van der Waals surface area contributed by atoms with Crippen molar-refractivity contribution < 1.29 is 9.18 Å². The molecular formula is C18H24ClFN4O. The van der Waals surface area contributed by atoms with E-state index in [0.29, 0.717) is 11.3 Å². The highest BCUT2D eigenvalue weighted by Gasteiger charge is 2.24. The van der Waals surface area contributed by atoms with Crippen LogP contribution >= 0.6 is 12.4 Å². The van der Waals surface area contributed by atoms with Gasteiger partial charge in [0.05, 0.1) is 12.1 Å². The van der Waals surface area contributed by atoms with Crippen molar-refractivity contribution in [2.75, 3.05) is 20.1 Å². The van der Waals surface area contributed by atoms with Crippen LogP contribution in [0.1, 0.15) is 47.9 Å². The average molecular weight is 367 g/mol. The Balaban J connectivity index is 0.00000225. The molecule has 1 aromatic carbocycles. The number of aromatic nitrogens is 2. The van der Waals surface area contributed by atoms with E-state index in [2.05, 4.69) is 10.4 Å². The van der Waals surface area contributed by atoms with Gasteiger partial charge in [0, 0.05) is 25.4 Å². The zero-order valence-electron chi connectivity index (χ0n) is 14.5. The second-order valence-corrected chi connectivity index (χ2v) is 6.29. The Bertz CT molecular complexity index is 715. The highest BCUT2D eigenvalue weighted by molar-refractivity contribution is 5.92. The van der Waals surface area contributed by atoms with Gasteiger partial charge in [0.1, 0.15) is 11.5 Å². The first-order valence-electron chi connectivity index (χ1n) is 8.35. The molecule has 1 amide bonds. The number of benzene rings is 1. The molecule has 2 atom stereocenters. The molecule has 2 aromatic rings. The summed E-state index contributed by atoms with van der Waals surface area (Å²) in [7, 11) is 1.68. The predicted octanol–water partition coefficient (Wildman–Crippen LogP) is 3.20. The van der Waals surface area contributed by atoms with Crippen molar-refractivity contribution in [2.45, 2.75) is 31.8 Å². The van der Waals surface area contributed by atoms with Gasteiger partial charge in [0.15, 0.2) is 0 Å². The number of halogens is 2. The van der Waals surface area contributed by atoms with E-state index in [-0.39, 0.29) is 36.2 Å². The summed E-state index contributed by atoms with van der Waals surface area (Å²) in [6, 6.07) is 8.20. The van der Waals surface area contributed by atoms with Gasteiger partial charge in [-0.3, -0.25) is 9.48 Å². The molecule has 136 valence electrons. The Morgan fingerprint density at radius 2 is 2.16 bits per heavy atom. The smallest absolute Gasteiger partial charge is 0.274 e. The summed E-state index contributed by atoms with van der Waals surface area (Å²) in [6.45, 7) is 3.72. The van der Waals surface area contributed by atoms with E-state index in [9.17, 15) is 9.18 Å². The summed E-state index contributed by atoms with van der Waals surface area (Å²) >= 11 is 0. The number of piperidine rings is 1. The third-order valence-electron chi connectivity index (χ3n) is 4.73. The Hall–Kier alpha value is -1.92. The first-order valence-corrected chi connectivity index (χ1v) is 8.35. The highest BCUT2D eigenvalue weighted by Crippen LogP contribution is 2.23. The SMILES string of the molecule is CC(c1ccccc1F)N(C)C(=O)c1ccn(C2CCCNC2)n1.Cl. The number of carbonyl (C=O) groups is 1. The summed E-state index contributed by atoms with van der Waals surface area (Å²) < 4.78 is 15.8. The van der Waals surface area contributed by atoms with Crippen molar-refractivity contribution in [3.8, 4) is 0 Å². The molecule has 1 aliphatic heterocycles. The number of nitrogens with one attached hydrogen (secondary N) is 1. The number of rotatable bonds is 4. The molecule has 0 radical (unpaired) electrons. The highest BCUT2D eigenvalue weighted by atomic mass is 35.5. The number of hydrogen-bond acceptors (Lipinski definition) is 3. The summed E-state index contributed by atoms with van der Waals surface area (Å²) in [4.78, 5) is 14.2. The van der Waals surface area contributed by atoms with Crippen LogP contribution < -0.4 is 5.32 Å². The van der Waals surface area contributed by atoms with E-state index in [1.54, 1.807) is 31.3 Å². The van der Waals surface area contributed by atoms with Crippen LogP contribution in [0.2, 0.25) is 0 Å². The Labute approximate surface area is 153 Å². The summed E-state index contributed by atoms with van der Waals surface area (Å²) in [5.74, 6) is -0.503. The topological polar surface area (TPSA) is 50.2 Å². The molecule has 1 N–H and O–H groups in total. The lowest BCUT2D eigenvalue weighted by atomic mass is 10.1. The fourth-order valence-electron chi connectivity index (χ4n) is 3.09. The molecule has 0 aliphatic carbocycles. The first-order chi connectivity index (χ1) is 11.6. The van der Waals surface area contributed by atoms with Gasteiger partial charge < -0.3 is 10.2 Å². The van der Waals surface area contributed by atoms with E-state index in [1.165, 1.54) is 11.0 Å². The standard InChI is InChI=1S/C18H23FN4O.ClH/c1-13(15-7-3-4-8-16(15)19)22(2)18(24)17-9-11-23(21-17)14-6-5-10-20-12-14;/h3-4,7-9,11,13-14,20H,5-6,10,12H2,1-2H3;1H. The average Bonchev–Trinajstić information content (AvgIpc) is 3.11. The maximum absolute atomic E-state index is 13.9. The van der Waals surface area contributed by atoms with E-state index in [4.69, 9.17) is 0 Å². The lowest BCUT2D eigenvalue weighted by Crippen LogP contribution is -2.33. The molecule has 1 aliphatic rings. The molecule has 2 unspecified atom stereocenters. The van der Waals surface area contributed by atoms with Gasteiger partial charge in [-0.15, -0.1) is 12.4 Å². The van der Waals surface area contributed by atoms with Gasteiger partial charge in [-0.2, -0.15) is 5.10 Å². The Morgan fingerprint density at radius 3 is 2.84 bits per heavy atom. The first kappa shape index (κ1) is 19.4. The number of nitrogens with zero attached hydrogens (tertiary/aromatic N) is 3. The van der Waals surface area contributed by atoms with Crippen LogP contribution in [0.3, 0.4) is 0 Å². The van der Waals surface area contributed by atoms with E-state index >= 15 is 0 Å². The van der Waals surface area contributed by atoms with Gasteiger partial charge in [0.25, 0.3) is 5.91 Å². The monoisotopic (exact) mass is 366 g/mol. The van der Waals surface area contributed by atoms with Gasteiger partial charge in [0.2, 0.25) is 0 Å². The molecule has 1 fully saturated rings. The third-order valence-corrected chi connectivity index (χ3v) is 4.73. The Kier molecular flexibility index (Phi) is 6.56. The van der Waals surface area contributed by atoms with Gasteiger partial charge in [-0.05, 0) is 38.4 Å². The fourth-order valence-corrected chi connectivity index (χ4v) is 3.09. The number of hydrogen-bond donors (Lipinski definition) is 1. The zero-order chi connectivity index (χ0) is 17.1. The van der Waals surface area contributed by atoms with Crippen molar-refractivity contribution in [1.29, 1.82) is 0 Å². The molecule has 1 saturated heterocycles. The Morgan fingerprint density at radius 1 is 1.40 bits per heavy atom. The van der Waals surface area contributed by atoms with Crippen LogP contribution in [-0.4, -0.2) is 40.7 Å². The molecule has 2 heterocycles.